The fourth-order valence-electron chi connectivity index (χ4n) is 4.60. The first kappa shape index (κ1) is 22.8. The van der Waals surface area contributed by atoms with Crippen LogP contribution in [-0.4, -0.2) is 37.5 Å². The molecule has 1 atom stereocenters. The topological polar surface area (TPSA) is 41.3 Å². The van der Waals surface area contributed by atoms with Crippen LogP contribution in [0.3, 0.4) is 0 Å². The third-order valence-corrected chi connectivity index (χ3v) is 7.90. The van der Waals surface area contributed by atoms with E-state index < -0.39 is 12.3 Å². The maximum absolute atomic E-state index is 13.5. The zero-order valence-corrected chi connectivity index (χ0v) is 19.3. The largest absolute Gasteiger partial charge is 0.400 e. The Morgan fingerprint density at radius 2 is 2.07 bits per heavy atom. The average molecular weight is 446 g/mol. The van der Waals surface area contributed by atoms with Crippen molar-refractivity contribution >= 4 is 22.9 Å². The van der Waals surface area contributed by atoms with Crippen LogP contribution < -0.4 is 11.1 Å². The summed E-state index contributed by atoms with van der Waals surface area (Å²) in [6.07, 6.45) is 4.06. The number of halogens is 3. The molecule has 1 fully saturated rings. The fraction of sp³-hybridized carbons (Fsp3) is 0.727. The van der Waals surface area contributed by atoms with E-state index in [1.165, 1.54) is 11.3 Å². The highest BCUT2D eigenvalue weighted by Gasteiger charge is 2.45. The van der Waals surface area contributed by atoms with Gasteiger partial charge in [0, 0.05) is 41.2 Å². The van der Waals surface area contributed by atoms with Crippen molar-refractivity contribution in [3.63, 3.8) is 0 Å². The number of nitrogens with one attached hydrogen (secondary N) is 1. The van der Waals surface area contributed by atoms with Gasteiger partial charge < -0.3 is 11.1 Å². The molecule has 0 bridgehead atoms. The normalized spacial score (nSPS) is 22.9. The first-order valence-corrected chi connectivity index (χ1v) is 11.8. The number of alkyl halides is 2. The summed E-state index contributed by atoms with van der Waals surface area (Å²) < 4.78 is 27.6. The standard InChI is InChI=1S/C22H34ClF2N3S/c1-21(2,3)6-9-27-13-15(26)14-28-10-7-22(8-11-28)5-4-16(20(24)25)17-12-18(23)29-19(17)22/h12-13,16,20,27H,4-11,14,26H2,1-3H3/b15-13-. The van der Waals surface area contributed by atoms with Gasteiger partial charge in [0.2, 0.25) is 6.43 Å². The van der Waals surface area contributed by atoms with Crippen LogP contribution in [0.15, 0.2) is 18.0 Å². The number of nitrogens with zero attached hydrogens (tertiary/aromatic N) is 1. The number of piperidine rings is 1. The maximum atomic E-state index is 13.5. The minimum Gasteiger partial charge on any atom is -0.400 e. The molecule has 2 heterocycles. The van der Waals surface area contributed by atoms with Gasteiger partial charge in [-0.05, 0) is 62.2 Å². The summed E-state index contributed by atoms with van der Waals surface area (Å²) in [7, 11) is 0. The van der Waals surface area contributed by atoms with Crippen LogP contribution in [0.2, 0.25) is 4.34 Å². The number of hydrogen-bond acceptors (Lipinski definition) is 4. The summed E-state index contributed by atoms with van der Waals surface area (Å²) >= 11 is 7.76. The molecule has 29 heavy (non-hydrogen) atoms. The van der Waals surface area contributed by atoms with Crippen LogP contribution in [0, 0.1) is 5.41 Å². The molecule has 7 heteroatoms. The molecule has 1 aromatic heterocycles. The Kier molecular flexibility index (Phi) is 7.17. The van der Waals surface area contributed by atoms with E-state index in [4.69, 9.17) is 17.3 Å². The average Bonchev–Trinajstić information content (AvgIpc) is 3.02. The zero-order valence-electron chi connectivity index (χ0n) is 17.7. The molecule has 164 valence electrons. The van der Waals surface area contributed by atoms with Crippen molar-refractivity contribution in [3.8, 4) is 0 Å². The zero-order chi connectivity index (χ0) is 21.2. The highest BCUT2D eigenvalue weighted by atomic mass is 35.5. The van der Waals surface area contributed by atoms with E-state index in [0.29, 0.717) is 16.2 Å². The van der Waals surface area contributed by atoms with Crippen molar-refractivity contribution in [2.45, 2.75) is 70.6 Å². The molecule has 1 aliphatic heterocycles. The molecular weight excluding hydrogens is 412 g/mol. The van der Waals surface area contributed by atoms with Crippen LogP contribution in [0.1, 0.15) is 69.2 Å². The van der Waals surface area contributed by atoms with Crippen LogP contribution in [0.4, 0.5) is 8.78 Å². The fourth-order valence-corrected chi connectivity index (χ4v) is 6.18. The molecule has 2 aliphatic rings. The molecule has 1 aromatic rings. The van der Waals surface area contributed by atoms with Crippen LogP contribution in [0.25, 0.3) is 0 Å². The van der Waals surface area contributed by atoms with Crippen molar-refractivity contribution in [1.29, 1.82) is 0 Å². The summed E-state index contributed by atoms with van der Waals surface area (Å²) in [6, 6.07) is 1.79. The van der Waals surface area contributed by atoms with Gasteiger partial charge >= 0.3 is 0 Å². The van der Waals surface area contributed by atoms with E-state index in [0.717, 1.165) is 68.0 Å². The van der Waals surface area contributed by atoms with Crippen molar-refractivity contribution < 1.29 is 8.78 Å². The number of hydrogen-bond donors (Lipinski definition) is 2. The Morgan fingerprint density at radius 3 is 2.69 bits per heavy atom. The van der Waals surface area contributed by atoms with Crippen molar-refractivity contribution in [3.05, 3.63) is 32.7 Å². The lowest BCUT2D eigenvalue weighted by molar-refractivity contribution is 0.0866. The highest BCUT2D eigenvalue weighted by molar-refractivity contribution is 7.16. The van der Waals surface area contributed by atoms with Gasteiger partial charge in [-0.1, -0.05) is 32.4 Å². The monoisotopic (exact) mass is 445 g/mol. The molecule has 3 rings (SSSR count). The SMILES string of the molecule is CC(C)(C)CCN/C=C(\N)CN1CCC2(CCC(C(F)F)c3cc(Cl)sc32)CC1. The molecule has 1 saturated heterocycles. The first-order valence-electron chi connectivity index (χ1n) is 10.6. The number of thiophene rings is 1. The summed E-state index contributed by atoms with van der Waals surface area (Å²) in [5.41, 5.74) is 8.18. The van der Waals surface area contributed by atoms with Gasteiger partial charge in [0.25, 0.3) is 0 Å². The van der Waals surface area contributed by atoms with Crippen LogP contribution >= 0.6 is 22.9 Å². The third kappa shape index (κ3) is 5.65. The van der Waals surface area contributed by atoms with Crippen LogP contribution in [-0.2, 0) is 5.41 Å². The lowest BCUT2D eigenvalue weighted by Gasteiger charge is -2.45. The molecular formula is C22H34ClF2N3S. The Bertz CT molecular complexity index is 718. The van der Waals surface area contributed by atoms with Gasteiger partial charge in [-0.3, -0.25) is 4.90 Å². The first-order chi connectivity index (χ1) is 13.6. The van der Waals surface area contributed by atoms with Gasteiger partial charge in [-0.25, -0.2) is 8.78 Å². The van der Waals surface area contributed by atoms with Gasteiger partial charge in [0.1, 0.15) is 0 Å². The van der Waals surface area contributed by atoms with Crippen molar-refractivity contribution in [2.24, 2.45) is 11.1 Å². The highest BCUT2D eigenvalue weighted by Crippen LogP contribution is 2.53. The van der Waals surface area contributed by atoms with Crippen molar-refractivity contribution in [2.75, 3.05) is 26.2 Å². The molecule has 1 spiro atoms. The van der Waals surface area contributed by atoms with E-state index in [9.17, 15) is 8.78 Å². The number of fused-ring (bicyclic) bond motifs is 2. The summed E-state index contributed by atoms with van der Waals surface area (Å²) in [5, 5.41) is 3.32. The Hall–Kier alpha value is -0.850. The smallest absolute Gasteiger partial charge is 0.245 e. The molecule has 0 radical (unpaired) electrons. The van der Waals surface area contributed by atoms with E-state index >= 15 is 0 Å². The summed E-state index contributed by atoms with van der Waals surface area (Å²) in [5.74, 6) is -0.657. The minimum atomic E-state index is -2.31. The second-order valence-electron chi connectivity index (χ2n) is 9.86. The van der Waals surface area contributed by atoms with Crippen molar-refractivity contribution in [1.82, 2.24) is 10.2 Å². The lowest BCUT2D eigenvalue weighted by Crippen LogP contribution is -2.45. The number of nitrogens with two attached hydrogens (primary N) is 1. The van der Waals surface area contributed by atoms with Crippen LogP contribution in [0.5, 0.6) is 0 Å². The number of rotatable bonds is 6. The second kappa shape index (κ2) is 9.11. The quantitative estimate of drug-likeness (QED) is 0.551. The predicted molar refractivity (Wildman–Crippen MR) is 119 cm³/mol. The molecule has 0 amide bonds. The third-order valence-electron chi connectivity index (χ3n) is 6.38. The molecule has 0 aromatic carbocycles. The predicted octanol–water partition coefficient (Wildman–Crippen LogP) is 5.70. The van der Waals surface area contributed by atoms with Gasteiger partial charge in [-0.2, -0.15) is 0 Å². The Labute approximate surface area is 182 Å². The Balaban J connectivity index is 1.57. The lowest BCUT2D eigenvalue weighted by atomic mass is 9.66. The van der Waals surface area contributed by atoms with E-state index in [1.807, 2.05) is 6.20 Å². The summed E-state index contributed by atoms with van der Waals surface area (Å²) in [6.45, 7) is 10.2. The second-order valence-corrected chi connectivity index (χ2v) is 11.5. The van der Waals surface area contributed by atoms with E-state index in [2.05, 4.69) is 31.0 Å². The summed E-state index contributed by atoms with van der Waals surface area (Å²) in [4.78, 5) is 3.49. The van der Waals surface area contributed by atoms with E-state index in [-0.39, 0.29) is 5.41 Å². The molecule has 0 saturated carbocycles. The Morgan fingerprint density at radius 1 is 1.38 bits per heavy atom. The molecule has 3 N–H and O–H groups in total. The molecule has 3 nitrogen and oxygen atoms in total. The minimum absolute atomic E-state index is 0.0124. The maximum Gasteiger partial charge on any atom is 0.245 e. The molecule has 1 aliphatic carbocycles. The van der Waals surface area contributed by atoms with Gasteiger partial charge in [0.05, 0.1) is 4.34 Å². The van der Waals surface area contributed by atoms with E-state index in [1.54, 1.807) is 6.07 Å². The molecule has 1 unspecified atom stereocenters. The number of likely N-dealkylation sites (tertiary alicyclic amines) is 1. The van der Waals surface area contributed by atoms with Gasteiger partial charge in [-0.15, -0.1) is 11.3 Å². The van der Waals surface area contributed by atoms with Gasteiger partial charge in [0.15, 0.2) is 0 Å².